The summed E-state index contributed by atoms with van der Waals surface area (Å²) >= 11 is 5.35. The molecule has 3 nitrogen and oxygen atoms in total. The highest BCUT2D eigenvalue weighted by Crippen LogP contribution is 2.40. The van der Waals surface area contributed by atoms with Crippen LogP contribution in [0.15, 0.2) is 15.9 Å². The Kier molecular flexibility index (Phi) is 6.05. The van der Waals surface area contributed by atoms with Crippen molar-refractivity contribution in [1.82, 2.24) is 4.90 Å². The maximum atomic E-state index is 6.32. The molecule has 0 saturated heterocycles. The number of methoxy groups -OCH3 is 1. The van der Waals surface area contributed by atoms with Gasteiger partial charge in [-0.1, -0.05) is 0 Å². The lowest BCUT2D eigenvalue weighted by atomic mass is 10.0. The second-order valence-corrected chi connectivity index (χ2v) is 8.25. The minimum atomic E-state index is 0.110. The summed E-state index contributed by atoms with van der Waals surface area (Å²) in [4.78, 5) is 3.89. The third-order valence-electron chi connectivity index (χ3n) is 4.12. The van der Waals surface area contributed by atoms with Crippen LogP contribution < -0.4 is 5.73 Å². The van der Waals surface area contributed by atoms with Crippen molar-refractivity contribution in [3.05, 3.63) is 20.8 Å². The number of halogens is 1. The molecule has 0 spiro atoms. The van der Waals surface area contributed by atoms with Crippen LogP contribution in [0.4, 0.5) is 0 Å². The highest BCUT2D eigenvalue weighted by atomic mass is 79.9. The van der Waals surface area contributed by atoms with E-state index >= 15 is 0 Å². The molecule has 0 bridgehead atoms. The maximum Gasteiger partial charge on any atom is 0.0702 e. The fourth-order valence-electron chi connectivity index (χ4n) is 2.85. The van der Waals surface area contributed by atoms with Crippen LogP contribution in [-0.4, -0.2) is 37.2 Å². The topological polar surface area (TPSA) is 38.5 Å². The molecule has 0 aliphatic heterocycles. The number of hydrogen-bond acceptors (Lipinski definition) is 4. The molecule has 1 aromatic heterocycles. The van der Waals surface area contributed by atoms with Gasteiger partial charge in [-0.2, -0.15) is 0 Å². The first-order chi connectivity index (χ1) is 9.54. The molecule has 0 radical (unpaired) electrons. The fourth-order valence-corrected chi connectivity index (χ4v) is 4.51. The number of thiophene rings is 1. The van der Waals surface area contributed by atoms with Crippen molar-refractivity contribution >= 4 is 27.3 Å². The zero-order chi connectivity index (χ0) is 14.7. The van der Waals surface area contributed by atoms with Gasteiger partial charge in [0.15, 0.2) is 0 Å². The number of nitrogens with two attached hydrogens (primary N) is 1. The number of rotatable bonds is 8. The Labute approximate surface area is 134 Å². The van der Waals surface area contributed by atoms with Crippen LogP contribution in [0.5, 0.6) is 0 Å². The molecule has 2 rings (SSSR count). The Balaban J connectivity index is 2.20. The quantitative estimate of drug-likeness (QED) is 0.768. The lowest BCUT2D eigenvalue weighted by Gasteiger charge is -2.38. The molecule has 20 heavy (non-hydrogen) atoms. The van der Waals surface area contributed by atoms with Crippen LogP contribution in [0.25, 0.3) is 0 Å². The predicted octanol–water partition coefficient (Wildman–Crippen LogP) is 3.65. The molecule has 1 aliphatic carbocycles. The summed E-state index contributed by atoms with van der Waals surface area (Å²) in [7, 11) is 1.77. The van der Waals surface area contributed by atoms with Crippen molar-refractivity contribution in [2.75, 3.05) is 20.3 Å². The van der Waals surface area contributed by atoms with E-state index in [1.54, 1.807) is 18.4 Å². The zero-order valence-corrected chi connectivity index (χ0v) is 14.9. The molecule has 5 heteroatoms. The van der Waals surface area contributed by atoms with Gasteiger partial charge in [0.1, 0.15) is 0 Å². The predicted molar refractivity (Wildman–Crippen MR) is 89.2 cm³/mol. The van der Waals surface area contributed by atoms with Crippen LogP contribution in [0.1, 0.15) is 37.6 Å². The van der Waals surface area contributed by atoms with Gasteiger partial charge in [0.25, 0.3) is 0 Å². The molecule has 1 aliphatic rings. The average molecular weight is 361 g/mol. The van der Waals surface area contributed by atoms with Crippen molar-refractivity contribution in [3.63, 3.8) is 0 Å². The van der Waals surface area contributed by atoms with Gasteiger partial charge in [-0.15, -0.1) is 11.3 Å². The van der Waals surface area contributed by atoms with E-state index in [-0.39, 0.29) is 12.1 Å². The van der Waals surface area contributed by atoms with Gasteiger partial charge in [0.2, 0.25) is 0 Å². The van der Waals surface area contributed by atoms with Crippen molar-refractivity contribution in [2.45, 2.75) is 44.8 Å². The molecule has 1 heterocycles. The first kappa shape index (κ1) is 16.4. The summed E-state index contributed by atoms with van der Waals surface area (Å²) in [6, 6.07) is 5.27. The van der Waals surface area contributed by atoms with E-state index in [0.29, 0.717) is 6.04 Å². The second-order valence-electron chi connectivity index (χ2n) is 5.75. The standard InChI is InChI=1S/C15H25BrN2OS/c1-10(17)15(13-6-7-14(16)20-13)18(8-9-19-3)11(2)12-4-5-12/h6-7,10-12,15H,4-5,8-9,17H2,1-3H3. The lowest BCUT2D eigenvalue weighted by Crippen LogP contribution is -2.46. The van der Waals surface area contributed by atoms with Crippen molar-refractivity contribution < 1.29 is 4.74 Å². The smallest absolute Gasteiger partial charge is 0.0702 e. The molecule has 114 valence electrons. The molecule has 0 aromatic carbocycles. The van der Waals surface area contributed by atoms with Crippen LogP contribution in [0.3, 0.4) is 0 Å². The van der Waals surface area contributed by atoms with Gasteiger partial charge in [-0.05, 0) is 60.7 Å². The van der Waals surface area contributed by atoms with Crippen molar-refractivity contribution in [2.24, 2.45) is 11.7 Å². The highest BCUT2D eigenvalue weighted by molar-refractivity contribution is 9.11. The summed E-state index contributed by atoms with van der Waals surface area (Å²) in [6.45, 7) is 6.14. The summed E-state index contributed by atoms with van der Waals surface area (Å²) in [5, 5.41) is 0. The summed E-state index contributed by atoms with van der Waals surface area (Å²) in [5.41, 5.74) is 6.32. The number of ether oxygens (including phenoxy) is 1. The normalized spacial score (nSPS) is 20.1. The Morgan fingerprint density at radius 1 is 1.45 bits per heavy atom. The van der Waals surface area contributed by atoms with Crippen LogP contribution >= 0.6 is 27.3 Å². The van der Waals surface area contributed by atoms with E-state index in [1.165, 1.54) is 21.5 Å². The lowest BCUT2D eigenvalue weighted by molar-refractivity contribution is 0.0733. The molecule has 1 fully saturated rings. The Morgan fingerprint density at radius 3 is 2.60 bits per heavy atom. The SMILES string of the molecule is COCCN(C(C)C1CC1)C(c1ccc(Br)s1)C(C)N. The third-order valence-corrected chi connectivity index (χ3v) is 5.82. The summed E-state index contributed by atoms with van der Waals surface area (Å²) < 4.78 is 6.48. The molecule has 3 unspecified atom stereocenters. The van der Waals surface area contributed by atoms with Crippen LogP contribution in [-0.2, 0) is 4.74 Å². The van der Waals surface area contributed by atoms with Gasteiger partial charge in [-0.25, -0.2) is 0 Å². The minimum absolute atomic E-state index is 0.110. The van der Waals surface area contributed by atoms with E-state index in [9.17, 15) is 0 Å². The Morgan fingerprint density at radius 2 is 2.15 bits per heavy atom. The van der Waals surface area contributed by atoms with Gasteiger partial charge in [0, 0.05) is 30.6 Å². The molecular weight excluding hydrogens is 336 g/mol. The highest BCUT2D eigenvalue weighted by Gasteiger charge is 2.37. The number of hydrogen-bond donors (Lipinski definition) is 1. The van der Waals surface area contributed by atoms with Gasteiger partial charge in [0.05, 0.1) is 16.4 Å². The molecule has 1 saturated carbocycles. The van der Waals surface area contributed by atoms with Gasteiger partial charge in [-0.3, -0.25) is 4.90 Å². The van der Waals surface area contributed by atoms with E-state index in [1.807, 2.05) is 0 Å². The third kappa shape index (κ3) is 4.04. The zero-order valence-electron chi connectivity index (χ0n) is 12.5. The molecule has 1 aromatic rings. The molecule has 3 atom stereocenters. The van der Waals surface area contributed by atoms with E-state index < -0.39 is 0 Å². The molecular formula is C15H25BrN2OS. The fraction of sp³-hybridized carbons (Fsp3) is 0.733. The average Bonchev–Trinajstić information content (AvgIpc) is 3.16. The Bertz CT molecular complexity index is 420. The maximum absolute atomic E-state index is 6.32. The summed E-state index contributed by atoms with van der Waals surface area (Å²) in [5.74, 6) is 0.830. The van der Waals surface area contributed by atoms with E-state index in [4.69, 9.17) is 10.5 Å². The second kappa shape index (κ2) is 7.36. The largest absolute Gasteiger partial charge is 0.383 e. The van der Waals surface area contributed by atoms with Gasteiger partial charge >= 0.3 is 0 Å². The van der Waals surface area contributed by atoms with Crippen molar-refractivity contribution in [3.8, 4) is 0 Å². The van der Waals surface area contributed by atoms with Crippen molar-refractivity contribution in [1.29, 1.82) is 0 Å². The van der Waals surface area contributed by atoms with Gasteiger partial charge < -0.3 is 10.5 Å². The first-order valence-corrected chi connectivity index (χ1v) is 8.91. The monoisotopic (exact) mass is 360 g/mol. The summed E-state index contributed by atoms with van der Waals surface area (Å²) in [6.07, 6.45) is 2.70. The first-order valence-electron chi connectivity index (χ1n) is 7.30. The molecule has 0 amide bonds. The van der Waals surface area contributed by atoms with E-state index in [0.717, 1.165) is 19.1 Å². The van der Waals surface area contributed by atoms with Crippen LogP contribution in [0, 0.1) is 5.92 Å². The Hall–Kier alpha value is 0.0600. The number of nitrogens with zero attached hydrogens (tertiary/aromatic N) is 1. The van der Waals surface area contributed by atoms with E-state index in [2.05, 4.69) is 46.8 Å². The minimum Gasteiger partial charge on any atom is -0.383 e. The van der Waals surface area contributed by atoms with Crippen LogP contribution in [0.2, 0.25) is 0 Å². The molecule has 2 N–H and O–H groups in total.